The first kappa shape index (κ1) is 20.2. The smallest absolute Gasteiger partial charge is 0.321 e. The zero-order valence-electron chi connectivity index (χ0n) is 17.5. The molecule has 0 saturated carbocycles. The maximum Gasteiger partial charge on any atom is 0.321 e. The number of ether oxygens (including phenoxy) is 2. The van der Waals surface area contributed by atoms with Gasteiger partial charge in [-0.3, -0.25) is 4.79 Å². The zero-order valence-corrected chi connectivity index (χ0v) is 17.5. The number of carbonyl (C=O) groups is 2. The highest BCUT2D eigenvalue weighted by atomic mass is 16.5. The number of rotatable bonds is 3. The van der Waals surface area contributed by atoms with E-state index in [2.05, 4.69) is 10.3 Å². The van der Waals surface area contributed by atoms with E-state index >= 15 is 0 Å². The Morgan fingerprint density at radius 3 is 2.77 bits per heavy atom. The van der Waals surface area contributed by atoms with E-state index in [9.17, 15) is 9.59 Å². The van der Waals surface area contributed by atoms with Gasteiger partial charge in [0.1, 0.15) is 17.2 Å². The van der Waals surface area contributed by atoms with Crippen molar-refractivity contribution < 1.29 is 19.1 Å². The number of urea groups is 1. The second-order valence-corrected chi connectivity index (χ2v) is 7.89. The van der Waals surface area contributed by atoms with Crippen molar-refractivity contribution in [3.05, 3.63) is 42.5 Å². The molecule has 0 aliphatic carbocycles. The summed E-state index contributed by atoms with van der Waals surface area (Å²) in [6.07, 6.45) is 4.22. The third kappa shape index (κ3) is 3.72. The summed E-state index contributed by atoms with van der Waals surface area (Å²) in [5.74, 6) is 1.45. The minimum absolute atomic E-state index is 0.0630. The van der Waals surface area contributed by atoms with E-state index in [1.807, 2.05) is 29.0 Å². The van der Waals surface area contributed by atoms with E-state index in [1.165, 1.54) is 0 Å². The summed E-state index contributed by atoms with van der Waals surface area (Å²) in [5.41, 5.74) is 0.0194. The molecule has 4 rings (SSSR count). The normalized spacial score (nSPS) is 19.8. The number of hydrogen-bond donors (Lipinski definition) is 1. The monoisotopic (exact) mass is 413 g/mol. The minimum Gasteiger partial charge on any atom is -0.497 e. The maximum atomic E-state index is 12.7. The molecule has 2 aliphatic rings. The van der Waals surface area contributed by atoms with Crippen molar-refractivity contribution in [3.8, 4) is 5.75 Å². The van der Waals surface area contributed by atoms with Crippen molar-refractivity contribution in [2.24, 2.45) is 0 Å². The SMILES string of the molecule is COc1cccc(NC(=O)N2CCC3(CC2)O[C@H](C(=O)N(C)C)Cn2ccnc23)c1. The number of benzene rings is 1. The van der Waals surface area contributed by atoms with Crippen LogP contribution in [0.15, 0.2) is 36.7 Å². The topological polar surface area (TPSA) is 88.9 Å². The van der Waals surface area contributed by atoms with Crippen LogP contribution in [0.3, 0.4) is 0 Å². The Morgan fingerprint density at radius 2 is 2.07 bits per heavy atom. The Bertz CT molecular complexity index is 933. The molecule has 1 N–H and O–H groups in total. The molecule has 0 bridgehead atoms. The first-order valence-corrected chi connectivity index (χ1v) is 10.0. The summed E-state index contributed by atoms with van der Waals surface area (Å²) >= 11 is 0. The fourth-order valence-electron chi connectivity index (χ4n) is 4.13. The Morgan fingerprint density at radius 1 is 1.30 bits per heavy atom. The van der Waals surface area contributed by atoms with Gasteiger partial charge in [0.05, 0.1) is 13.7 Å². The van der Waals surface area contributed by atoms with Gasteiger partial charge >= 0.3 is 6.03 Å². The van der Waals surface area contributed by atoms with Crippen molar-refractivity contribution in [2.45, 2.75) is 31.1 Å². The van der Waals surface area contributed by atoms with Gasteiger partial charge in [0.25, 0.3) is 5.91 Å². The van der Waals surface area contributed by atoms with E-state index < -0.39 is 11.7 Å². The lowest BCUT2D eigenvalue weighted by Gasteiger charge is -2.45. The van der Waals surface area contributed by atoms with Crippen LogP contribution in [-0.4, -0.2) is 71.7 Å². The fraction of sp³-hybridized carbons (Fsp3) is 0.476. The number of likely N-dealkylation sites (N-methyl/N-ethyl adjacent to an activating group) is 1. The Hall–Kier alpha value is -3.07. The van der Waals surface area contributed by atoms with Gasteiger partial charge in [-0.15, -0.1) is 0 Å². The van der Waals surface area contributed by atoms with Crippen LogP contribution < -0.4 is 10.1 Å². The van der Waals surface area contributed by atoms with Crippen LogP contribution in [0.1, 0.15) is 18.7 Å². The van der Waals surface area contributed by atoms with Crippen LogP contribution >= 0.6 is 0 Å². The molecule has 9 nitrogen and oxygen atoms in total. The summed E-state index contributed by atoms with van der Waals surface area (Å²) in [6.45, 7) is 1.46. The molecule has 1 aromatic carbocycles. The van der Waals surface area contributed by atoms with Gasteiger partial charge in [-0.05, 0) is 12.1 Å². The number of amides is 3. The molecule has 3 amide bonds. The molecule has 2 aromatic rings. The Kier molecular flexibility index (Phi) is 5.38. The van der Waals surface area contributed by atoms with E-state index in [-0.39, 0.29) is 11.9 Å². The average molecular weight is 413 g/mol. The van der Waals surface area contributed by atoms with Crippen LogP contribution in [0.2, 0.25) is 0 Å². The van der Waals surface area contributed by atoms with Crippen molar-refractivity contribution in [1.82, 2.24) is 19.4 Å². The van der Waals surface area contributed by atoms with Crippen molar-refractivity contribution in [1.29, 1.82) is 0 Å². The highest BCUT2D eigenvalue weighted by Crippen LogP contribution is 2.40. The number of methoxy groups -OCH3 is 1. The largest absolute Gasteiger partial charge is 0.497 e. The van der Waals surface area contributed by atoms with E-state index in [4.69, 9.17) is 9.47 Å². The fourth-order valence-corrected chi connectivity index (χ4v) is 4.13. The molecule has 0 radical (unpaired) electrons. The number of fused-ring (bicyclic) bond motifs is 2. The van der Waals surface area contributed by atoms with Gasteiger partial charge in [0, 0.05) is 64.2 Å². The molecule has 1 aromatic heterocycles. The third-order valence-electron chi connectivity index (χ3n) is 5.75. The molecule has 30 heavy (non-hydrogen) atoms. The van der Waals surface area contributed by atoms with Gasteiger partial charge in [-0.25, -0.2) is 9.78 Å². The number of hydrogen-bond acceptors (Lipinski definition) is 5. The molecule has 1 fully saturated rings. The standard InChI is InChI=1S/C21H27N5O4/c1-24(2)18(27)17-14-26-12-9-22-19(26)21(30-17)7-10-25(11-8-21)20(28)23-15-5-4-6-16(13-15)29-3/h4-6,9,12-13,17H,7-8,10-11,14H2,1-3H3,(H,23,28)/t17-/m0/s1. The van der Waals surface area contributed by atoms with Crippen molar-refractivity contribution in [2.75, 3.05) is 39.6 Å². The lowest BCUT2D eigenvalue weighted by molar-refractivity contribution is -0.177. The molecule has 160 valence electrons. The Balaban J connectivity index is 1.46. The van der Waals surface area contributed by atoms with Crippen molar-refractivity contribution >= 4 is 17.6 Å². The third-order valence-corrected chi connectivity index (χ3v) is 5.75. The minimum atomic E-state index is -0.662. The van der Waals surface area contributed by atoms with Gasteiger partial charge in [0.2, 0.25) is 0 Å². The quantitative estimate of drug-likeness (QED) is 0.830. The van der Waals surface area contributed by atoms with Crippen molar-refractivity contribution in [3.63, 3.8) is 0 Å². The number of piperidine rings is 1. The summed E-state index contributed by atoms with van der Waals surface area (Å²) < 4.78 is 13.6. The van der Waals surface area contributed by atoms with Crippen LogP contribution in [0.4, 0.5) is 10.5 Å². The second kappa shape index (κ2) is 7.98. The summed E-state index contributed by atoms with van der Waals surface area (Å²) in [6, 6.07) is 7.09. The number of nitrogens with zero attached hydrogens (tertiary/aromatic N) is 4. The van der Waals surface area contributed by atoms with Crippen LogP contribution in [0.5, 0.6) is 5.75 Å². The van der Waals surface area contributed by atoms with Crippen LogP contribution in [-0.2, 0) is 21.7 Å². The molecule has 2 aliphatic heterocycles. The number of anilines is 1. The van der Waals surface area contributed by atoms with E-state index in [1.54, 1.807) is 43.3 Å². The maximum absolute atomic E-state index is 12.7. The summed E-state index contributed by atoms with van der Waals surface area (Å²) in [5, 5.41) is 2.92. The van der Waals surface area contributed by atoms with Gasteiger partial charge in [-0.2, -0.15) is 0 Å². The second-order valence-electron chi connectivity index (χ2n) is 7.89. The first-order valence-electron chi connectivity index (χ1n) is 10.0. The number of carbonyl (C=O) groups excluding carboxylic acids is 2. The van der Waals surface area contributed by atoms with Gasteiger partial charge in [-0.1, -0.05) is 6.07 Å². The van der Waals surface area contributed by atoms with E-state index in [0.29, 0.717) is 43.9 Å². The predicted molar refractivity (Wildman–Crippen MR) is 110 cm³/mol. The van der Waals surface area contributed by atoms with Gasteiger partial charge in [0.15, 0.2) is 6.10 Å². The number of aromatic nitrogens is 2. The summed E-state index contributed by atoms with van der Waals surface area (Å²) in [4.78, 5) is 33.1. The molecular formula is C21H27N5O4. The van der Waals surface area contributed by atoms with E-state index in [0.717, 1.165) is 5.82 Å². The average Bonchev–Trinajstić information content (AvgIpc) is 3.23. The molecule has 1 saturated heterocycles. The number of imidazole rings is 1. The molecule has 9 heteroatoms. The zero-order chi connectivity index (χ0) is 21.3. The lowest BCUT2D eigenvalue weighted by Crippen LogP contribution is -2.55. The Labute approximate surface area is 175 Å². The highest BCUT2D eigenvalue weighted by molar-refractivity contribution is 5.89. The lowest BCUT2D eigenvalue weighted by atomic mass is 9.88. The first-order chi connectivity index (χ1) is 14.4. The molecule has 1 spiro atoms. The van der Waals surface area contributed by atoms with Gasteiger partial charge < -0.3 is 29.2 Å². The highest BCUT2D eigenvalue weighted by Gasteiger charge is 2.47. The molecule has 1 atom stereocenters. The van der Waals surface area contributed by atoms with Crippen LogP contribution in [0, 0.1) is 0 Å². The molecule has 3 heterocycles. The predicted octanol–water partition coefficient (Wildman–Crippen LogP) is 1.90. The van der Waals surface area contributed by atoms with Crippen LogP contribution in [0.25, 0.3) is 0 Å². The summed E-state index contributed by atoms with van der Waals surface area (Å²) in [7, 11) is 5.05. The number of nitrogens with one attached hydrogen (secondary N) is 1. The number of likely N-dealkylation sites (tertiary alicyclic amines) is 1. The molecule has 0 unspecified atom stereocenters. The molecular weight excluding hydrogens is 386 g/mol.